The highest BCUT2D eigenvalue weighted by Gasteiger charge is 2.37. The van der Waals surface area contributed by atoms with Gasteiger partial charge in [-0.25, -0.2) is 4.79 Å². The fourth-order valence-corrected chi connectivity index (χ4v) is 1.14. The first kappa shape index (κ1) is 11.8. The third kappa shape index (κ3) is 3.09. The van der Waals surface area contributed by atoms with Crippen LogP contribution >= 0.6 is 0 Å². The first-order chi connectivity index (χ1) is 6.73. The summed E-state index contributed by atoms with van der Waals surface area (Å²) in [5.41, 5.74) is -2.29. The van der Waals surface area contributed by atoms with E-state index in [-0.39, 0.29) is 12.2 Å². The second kappa shape index (κ2) is 3.70. The Hall–Kier alpha value is -1.29. The predicted octanol–water partition coefficient (Wildman–Crippen LogP) is 1.46. The largest absolute Gasteiger partial charge is 0.508 e. The average molecular weight is 212 g/mol. The summed E-state index contributed by atoms with van der Waals surface area (Å²) in [5.74, 6) is -0.654. The Labute approximate surface area is 88.9 Å². The fourth-order valence-electron chi connectivity index (χ4n) is 1.14. The van der Waals surface area contributed by atoms with Gasteiger partial charge in [-0.05, 0) is 39.0 Å². The Morgan fingerprint density at radius 3 is 2.53 bits per heavy atom. The van der Waals surface area contributed by atoms with Crippen molar-refractivity contribution in [1.82, 2.24) is 0 Å². The quantitative estimate of drug-likeness (QED) is 0.646. The van der Waals surface area contributed by atoms with Crippen LogP contribution in [0.15, 0.2) is 24.0 Å². The van der Waals surface area contributed by atoms with Crippen LogP contribution in [0.4, 0.5) is 0 Å². The van der Waals surface area contributed by atoms with Crippen LogP contribution in [0.5, 0.6) is 0 Å². The summed E-state index contributed by atoms with van der Waals surface area (Å²) in [5, 5.41) is 19.0. The van der Waals surface area contributed by atoms with Gasteiger partial charge in [-0.3, -0.25) is 0 Å². The lowest BCUT2D eigenvalue weighted by Crippen LogP contribution is -2.42. The molecule has 1 unspecified atom stereocenters. The molecular formula is C11H16O4. The van der Waals surface area contributed by atoms with Gasteiger partial charge in [-0.1, -0.05) is 0 Å². The van der Waals surface area contributed by atoms with Crippen LogP contribution in [0.2, 0.25) is 0 Å². The standard InChI is InChI=1S/C11H16O4/c1-10(2,3)15-9(13)11(14)6-4-8(12)5-7-11/h4-6,12,14H,7H2,1-3H3. The molecule has 4 heteroatoms. The van der Waals surface area contributed by atoms with E-state index >= 15 is 0 Å². The molecule has 1 atom stereocenters. The van der Waals surface area contributed by atoms with E-state index in [0.29, 0.717) is 0 Å². The van der Waals surface area contributed by atoms with E-state index in [9.17, 15) is 9.90 Å². The highest BCUT2D eigenvalue weighted by Crippen LogP contribution is 2.23. The molecule has 0 bridgehead atoms. The molecule has 0 aromatic heterocycles. The number of esters is 1. The van der Waals surface area contributed by atoms with Crippen LogP contribution in [0.25, 0.3) is 0 Å². The second-order valence-electron chi connectivity index (χ2n) is 4.59. The van der Waals surface area contributed by atoms with Crippen LogP contribution in [-0.4, -0.2) is 27.4 Å². The van der Waals surface area contributed by atoms with Crippen LogP contribution in [0, 0.1) is 0 Å². The highest BCUT2D eigenvalue weighted by molar-refractivity contribution is 5.82. The van der Waals surface area contributed by atoms with Gasteiger partial charge in [0, 0.05) is 6.42 Å². The molecule has 1 rings (SSSR count). The Morgan fingerprint density at radius 2 is 2.13 bits per heavy atom. The second-order valence-corrected chi connectivity index (χ2v) is 4.59. The van der Waals surface area contributed by atoms with Crippen molar-refractivity contribution in [2.75, 3.05) is 0 Å². The number of hydrogen-bond donors (Lipinski definition) is 2. The molecule has 0 aromatic carbocycles. The van der Waals surface area contributed by atoms with Gasteiger partial charge in [-0.15, -0.1) is 0 Å². The van der Waals surface area contributed by atoms with Crippen LogP contribution in [0.3, 0.4) is 0 Å². The van der Waals surface area contributed by atoms with Crippen molar-refractivity contribution >= 4 is 5.97 Å². The molecule has 0 heterocycles. The van der Waals surface area contributed by atoms with Gasteiger partial charge in [0.25, 0.3) is 0 Å². The van der Waals surface area contributed by atoms with Crippen molar-refractivity contribution in [1.29, 1.82) is 0 Å². The molecule has 0 fully saturated rings. The Balaban J connectivity index is 2.73. The Bertz CT molecular complexity index is 322. The molecule has 2 N–H and O–H groups in total. The van der Waals surface area contributed by atoms with Crippen molar-refractivity contribution in [3.05, 3.63) is 24.0 Å². The zero-order valence-corrected chi connectivity index (χ0v) is 9.15. The van der Waals surface area contributed by atoms with Gasteiger partial charge in [-0.2, -0.15) is 0 Å². The van der Waals surface area contributed by atoms with Crippen LogP contribution in [0.1, 0.15) is 27.2 Å². The number of aliphatic hydroxyl groups excluding tert-OH is 1. The van der Waals surface area contributed by atoms with Crippen molar-refractivity contribution in [3.8, 4) is 0 Å². The van der Waals surface area contributed by atoms with Gasteiger partial charge < -0.3 is 14.9 Å². The maximum Gasteiger partial charge on any atom is 0.343 e. The van der Waals surface area contributed by atoms with E-state index in [0.717, 1.165) is 0 Å². The van der Waals surface area contributed by atoms with Gasteiger partial charge in [0.15, 0.2) is 5.60 Å². The molecule has 0 amide bonds. The van der Waals surface area contributed by atoms with Gasteiger partial charge in [0.05, 0.1) is 0 Å². The van der Waals surface area contributed by atoms with Crippen molar-refractivity contribution in [3.63, 3.8) is 0 Å². The van der Waals surface area contributed by atoms with Gasteiger partial charge >= 0.3 is 5.97 Å². The molecule has 0 aromatic rings. The maximum absolute atomic E-state index is 11.6. The average Bonchev–Trinajstić information content (AvgIpc) is 2.07. The molecule has 0 spiro atoms. The summed E-state index contributed by atoms with van der Waals surface area (Å²) < 4.78 is 5.06. The van der Waals surface area contributed by atoms with E-state index in [1.807, 2.05) is 0 Å². The van der Waals surface area contributed by atoms with Crippen molar-refractivity contribution in [2.24, 2.45) is 0 Å². The summed E-state index contributed by atoms with van der Waals surface area (Å²) in [4.78, 5) is 11.6. The summed E-state index contributed by atoms with van der Waals surface area (Å²) in [7, 11) is 0. The predicted molar refractivity (Wildman–Crippen MR) is 55.3 cm³/mol. The molecule has 0 radical (unpaired) electrons. The topological polar surface area (TPSA) is 66.8 Å². The minimum Gasteiger partial charge on any atom is -0.508 e. The number of ether oxygens (including phenoxy) is 1. The van der Waals surface area contributed by atoms with Crippen LogP contribution in [-0.2, 0) is 9.53 Å². The number of hydrogen-bond acceptors (Lipinski definition) is 4. The Kier molecular flexibility index (Phi) is 2.90. The first-order valence-corrected chi connectivity index (χ1v) is 4.77. The number of rotatable bonds is 1. The SMILES string of the molecule is CC(C)(C)OC(=O)C1(O)C=CC(O)=CC1. The first-order valence-electron chi connectivity index (χ1n) is 4.77. The van der Waals surface area contributed by atoms with Gasteiger partial charge in [0.2, 0.25) is 0 Å². The van der Waals surface area contributed by atoms with Gasteiger partial charge in [0.1, 0.15) is 11.4 Å². The van der Waals surface area contributed by atoms with E-state index in [1.165, 1.54) is 18.2 Å². The lowest BCUT2D eigenvalue weighted by atomic mass is 9.94. The van der Waals surface area contributed by atoms with E-state index < -0.39 is 17.2 Å². The number of carbonyl (C=O) groups excluding carboxylic acids is 1. The zero-order valence-electron chi connectivity index (χ0n) is 9.15. The number of carbonyl (C=O) groups is 1. The maximum atomic E-state index is 11.6. The highest BCUT2D eigenvalue weighted by atomic mass is 16.6. The number of aliphatic hydroxyl groups is 2. The molecule has 0 saturated carbocycles. The van der Waals surface area contributed by atoms with E-state index in [1.54, 1.807) is 20.8 Å². The molecule has 4 nitrogen and oxygen atoms in total. The summed E-state index contributed by atoms with van der Waals surface area (Å²) in [6.07, 6.45) is 3.94. The van der Waals surface area contributed by atoms with E-state index in [4.69, 9.17) is 9.84 Å². The zero-order chi connectivity index (χ0) is 11.7. The van der Waals surface area contributed by atoms with Crippen molar-refractivity contribution in [2.45, 2.75) is 38.4 Å². The molecule has 1 aliphatic rings. The summed E-state index contributed by atoms with van der Waals surface area (Å²) in [6.45, 7) is 5.19. The Morgan fingerprint density at radius 1 is 1.53 bits per heavy atom. The molecule has 0 aliphatic heterocycles. The minimum absolute atomic E-state index is 0.0320. The van der Waals surface area contributed by atoms with Crippen LogP contribution < -0.4 is 0 Å². The third-order valence-electron chi connectivity index (χ3n) is 1.90. The lowest BCUT2D eigenvalue weighted by molar-refractivity contribution is -0.172. The van der Waals surface area contributed by atoms with E-state index in [2.05, 4.69) is 0 Å². The smallest absolute Gasteiger partial charge is 0.343 e. The van der Waals surface area contributed by atoms with Crippen molar-refractivity contribution < 1.29 is 19.7 Å². The summed E-state index contributed by atoms with van der Waals surface area (Å²) >= 11 is 0. The molecule has 84 valence electrons. The minimum atomic E-state index is -1.65. The normalized spacial score (nSPS) is 26.0. The lowest BCUT2D eigenvalue weighted by Gasteiger charge is -2.28. The molecule has 1 aliphatic carbocycles. The summed E-state index contributed by atoms with van der Waals surface area (Å²) in [6, 6.07) is 0. The molecule has 0 saturated heterocycles. The molecular weight excluding hydrogens is 196 g/mol. The number of allylic oxidation sites excluding steroid dienone is 1. The monoisotopic (exact) mass is 212 g/mol. The molecule has 15 heavy (non-hydrogen) atoms. The fraction of sp³-hybridized carbons (Fsp3) is 0.545. The third-order valence-corrected chi connectivity index (χ3v) is 1.90.